The van der Waals surface area contributed by atoms with Gasteiger partial charge in [0.2, 0.25) is 5.91 Å². The fourth-order valence-corrected chi connectivity index (χ4v) is 3.60. The van der Waals surface area contributed by atoms with E-state index in [1.54, 1.807) is 0 Å². The van der Waals surface area contributed by atoms with Crippen molar-refractivity contribution in [3.05, 3.63) is 71.8 Å². The van der Waals surface area contributed by atoms with Crippen molar-refractivity contribution in [1.82, 2.24) is 4.90 Å². The van der Waals surface area contributed by atoms with Crippen LogP contribution >= 0.6 is 0 Å². The average Bonchev–Trinajstić information content (AvgIpc) is 2.56. The molecule has 1 heterocycles. The first kappa shape index (κ1) is 16.4. The first-order valence-electron chi connectivity index (χ1n) is 8.54. The number of ketones is 1. The maximum atomic E-state index is 12.9. The lowest BCUT2D eigenvalue weighted by atomic mass is 9.90. The Hall–Kier alpha value is -2.42. The van der Waals surface area contributed by atoms with Gasteiger partial charge in [-0.05, 0) is 24.5 Å². The van der Waals surface area contributed by atoms with E-state index in [0.717, 1.165) is 12.0 Å². The number of benzene rings is 2. The molecule has 24 heavy (non-hydrogen) atoms. The number of rotatable bonds is 4. The summed E-state index contributed by atoms with van der Waals surface area (Å²) < 4.78 is 0. The largest absolute Gasteiger partial charge is 0.336 e. The molecule has 1 fully saturated rings. The Balaban J connectivity index is 1.78. The third-order valence-corrected chi connectivity index (χ3v) is 4.65. The van der Waals surface area contributed by atoms with E-state index in [9.17, 15) is 9.59 Å². The summed E-state index contributed by atoms with van der Waals surface area (Å²) in [5.41, 5.74) is 2.19. The van der Waals surface area contributed by atoms with Crippen molar-refractivity contribution in [2.45, 2.75) is 44.7 Å². The number of Topliss-reactive ketones (excluding diaryl/α,β-unsaturated/α-hetero) is 1. The number of carbonyl (C=O) groups excluding carboxylic acids is 2. The van der Waals surface area contributed by atoms with Crippen LogP contribution in [0.1, 0.15) is 30.9 Å². The Morgan fingerprint density at radius 1 is 0.958 bits per heavy atom. The summed E-state index contributed by atoms with van der Waals surface area (Å²) in [6.07, 6.45) is 2.05. The average molecular weight is 321 g/mol. The Bertz CT molecular complexity index is 696. The van der Waals surface area contributed by atoms with E-state index in [2.05, 4.69) is 12.1 Å². The van der Waals surface area contributed by atoms with E-state index in [1.165, 1.54) is 5.56 Å². The fourth-order valence-electron chi connectivity index (χ4n) is 3.60. The van der Waals surface area contributed by atoms with E-state index >= 15 is 0 Å². The summed E-state index contributed by atoms with van der Waals surface area (Å²) in [5.74, 6) is 0.370. The van der Waals surface area contributed by atoms with Crippen molar-refractivity contribution < 1.29 is 9.59 Å². The Kier molecular flexibility index (Phi) is 5.09. The van der Waals surface area contributed by atoms with Gasteiger partial charge in [-0.1, -0.05) is 60.7 Å². The normalized spacial score (nSPS) is 20.9. The zero-order valence-electron chi connectivity index (χ0n) is 14.0. The molecule has 1 amide bonds. The minimum absolute atomic E-state index is 0.0313. The van der Waals surface area contributed by atoms with Crippen LogP contribution in [-0.2, 0) is 22.4 Å². The van der Waals surface area contributed by atoms with Crippen LogP contribution in [0.5, 0.6) is 0 Å². The Morgan fingerprint density at radius 3 is 2.17 bits per heavy atom. The number of hydrogen-bond donors (Lipinski definition) is 0. The predicted octanol–water partition coefficient (Wildman–Crippen LogP) is 3.42. The standard InChI is InChI=1S/C21H23NO2/c1-16-12-20(23)15-19(13-17-8-4-2-5-9-17)22(16)21(24)14-18-10-6-3-7-11-18/h2-11,16,19H,12-15H2,1H3. The first-order chi connectivity index (χ1) is 11.6. The molecule has 2 aromatic rings. The molecule has 3 heteroatoms. The molecule has 0 spiro atoms. The molecule has 2 aromatic carbocycles. The highest BCUT2D eigenvalue weighted by Gasteiger charge is 2.35. The summed E-state index contributed by atoms with van der Waals surface area (Å²) in [7, 11) is 0. The third kappa shape index (κ3) is 3.91. The number of hydrogen-bond acceptors (Lipinski definition) is 2. The quantitative estimate of drug-likeness (QED) is 0.865. The van der Waals surface area contributed by atoms with E-state index in [0.29, 0.717) is 19.3 Å². The van der Waals surface area contributed by atoms with Gasteiger partial charge in [-0.3, -0.25) is 9.59 Å². The summed E-state index contributed by atoms with van der Waals surface area (Å²) in [6.45, 7) is 1.98. The maximum absolute atomic E-state index is 12.9. The highest BCUT2D eigenvalue weighted by Crippen LogP contribution is 2.24. The minimum Gasteiger partial charge on any atom is -0.336 e. The van der Waals surface area contributed by atoms with Crippen LogP contribution in [0.3, 0.4) is 0 Å². The van der Waals surface area contributed by atoms with Gasteiger partial charge in [0, 0.05) is 24.9 Å². The molecule has 1 saturated heterocycles. The number of piperidine rings is 1. The van der Waals surface area contributed by atoms with E-state index in [4.69, 9.17) is 0 Å². The van der Waals surface area contributed by atoms with Crippen LogP contribution in [0.4, 0.5) is 0 Å². The highest BCUT2D eigenvalue weighted by molar-refractivity contribution is 5.85. The summed E-state index contributed by atoms with van der Waals surface area (Å²) in [4.78, 5) is 26.9. The molecule has 0 N–H and O–H groups in total. The van der Waals surface area contributed by atoms with E-state index < -0.39 is 0 Å². The van der Waals surface area contributed by atoms with Crippen LogP contribution in [0.15, 0.2) is 60.7 Å². The van der Waals surface area contributed by atoms with Crippen LogP contribution < -0.4 is 0 Å². The van der Waals surface area contributed by atoms with Crippen molar-refractivity contribution >= 4 is 11.7 Å². The molecule has 1 aliphatic heterocycles. The van der Waals surface area contributed by atoms with Crippen molar-refractivity contribution in [1.29, 1.82) is 0 Å². The smallest absolute Gasteiger partial charge is 0.227 e. The molecule has 0 radical (unpaired) electrons. The predicted molar refractivity (Wildman–Crippen MR) is 94.6 cm³/mol. The summed E-state index contributed by atoms with van der Waals surface area (Å²) in [6, 6.07) is 19.8. The van der Waals surface area contributed by atoms with Gasteiger partial charge in [0.25, 0.3) is 0 Å². The number of likely N-dealkylation sites (tertiary alicyclic amines) is 1. The van der Waals surface area contributed by atoms with Gasteiger partial charge in [-0.2, -0.15) is 0 Å². The van der Waals surface area contributed by atoms with Crippen molar-refractivity contribution in [2.24, 2.45) is 0 Å². The zero-order chi connectivity index (χ0) is 16.9. The second-order valence-corrected chi connectivity index (χ2v) is 6.60. The molecule has 124 valence electrons. The summed E-state index contributed by atoms with van der Waals surface area (Å²) in [5, 5.41) is 0. The van der Waals surface area contributed by atoms with Gasteiger partial charge in [0.15, 0.2) is 0 Å². The summed E-state index contributed by atoms with van der Waals surface area (Å²) >= 11 is 0. The lowest BCUT2D eigenvalue weighted by molar-refractivity contribution is -0.140. The van der Waals surface area contributed by atoms with Crippen molar-refractivity contribution in [2.75, 3.05) is 0 Å². The molecule has 2 atom stereocenters. The molecule has 2 unspecified atom stereocenters. The van der Waals surface area contributed by atoms with E-state index in [-0.39, 0.29) is 23.8 Å². The molecule has 0 aromatic heterocycles. The number of nitrogens with zero attached hydrogens (tertiary/aromatic N) is 1. The van der Waals surface area contributed by atoms with Gasteiger partial charge in [0.1, 0.15) is 5.78 Å². The van der Waals surface area contributed by atoms with Gasteiger partial charge >= 0.3 is 0 Å². The molecule has 0 saturated carbocycles. The van der Waals surface area contributed by atoms with Gasteiger partial charge in [0.05, 0.1) is 6.42 Å². The van der Waals surface area contributed by atoms with Crippen LogP contribution in [0.25, 0.3) is 0 Å². The molecular formula is C21H23NO2. The van der Waals surface area contributed by atoms with E-state index in [1.807, 2.05) is 60.4 Å². The van der Waals surface area contributed by atoms with Crippen LogP contribution in [0, 0.1) is 0 Å². The number of carbonyl (C=O) groups is 2. The Morgan fingerprint density at radius 2 is 1.54 bits per heavy atom. The molecular weight excluding hydrogens is 298 g/mol. The maximum Gasteiger partial charge on any atom is 0.227 e. The Labute approximate surface area is 143 Å². The molecule has 3 nitrogen and oxygen atoms in total. The van der Waals surface area contributed by atoms with Crippen LogP contribution in [-0.4, -0.2) is 28.7 Å². The van der Waals surface area contributed by atoms with Gasteiger partial charge in [-0.25, -0.2) is 0 Å². The minimum atomic E-state index is -0.0418. The third-order valence-electron chi connectivity index (χ3n) is 4.65. The second-order valence-electron chi connectivity index (χ2n) is 6.60. The van der Waals surface area contributed by atoms with Crippen LogP contribution in [0.2, 0.25) is 0 Å². The fraction of sp³-hybridized carbons (Fsp3) is 0.333. The molecule has 1 aliphatic rings. The molecule has 0 aliphatic carbocycles. The SMILES string of the molecule is CC1CC(=O)CC(Cc2ccccc2)N1C(=O)Cc1ccccc1. The monoisotopic (exact) mass is 321 g/mol. The highest BCUT2D eigenvalue weighted by atomic mass is 16.2. The lowest BCUT2D eigenvalue weighted by Gasteiger charge is -2.40. The lowest BCUT2D eigenvalue weighted by Crippen LogP contribution is -2.52. The zero-order valence-corrected chi connectivity index (χ0v) is 14.0. The molecule has 3 rings (SSSR count). The van der Waals surface area contributed by atoms with Gasteiger partial charge in [-0.15, -0.1) is 0 Å². The number of amides is 1. The first-order valence-corrected chi connectivity index (χ1v) is 8.54. The van der Waals surface area contributed by atoms with Crippen molar-refractivity contribution in [3.8, 4) is 0 Å². The molecule has 0 bridgehead atoms. The topological polar surface area (TPSA) is 37.4 Å². The van der Waals surface area contributed by atoms with Crippen molar-refractivity contribution in [3.63, 3.8) is 0 Å². The van der Waals surface area contributed by atoms with Gasteiger partial charge < -0.3 is 4.90 Å². The second kappa shape index (κ2) is 7.43.